The zero-order chi connectivity index (χ0) is 21.8. The van der Waals surface area contributed by atoms with Crippen molar-refractivity contribution < 1.29 is 4.79 Å². The number of hydrogen-bond acceptors (Lipinski definition) is 8. The van der Waals surface area contributed by atoms with Gasteiger partial charge in [-0.15, -0.1) is 22.7 Å². The highest BCUT2D eigenvalue weighted by Gasteiger charge is 2.14. The number of thiophene rings is 1. The van der Waals surface area contributed by atoms with Gasteiger partial charge in [0, 0.05) is 36.3 Å². The van der Waals surface area contributed by atoms with Crippen LogP contribution in [0.15, 0.2) is 48.2 Å². The topological polar surface area (TPSA) is 95.1 Å². The van der Waals surface area contributed by atoms with Crippen molar-refractivity contribution in [3.63, 3.8) is 0 Å². The van der Waals surface area contributed by atoms with Gasteiger partial charge in [-0.25, -0.2) is 19.7 Å². The lowest BCUT2D eigenvalue weighted by molar-refractivity contribution is 0.172. The van der Waals surface area contributed by atoms with Gasteiger partial charge in [0.15, 0.2) is 5.13 Å². The zero-order valence-electron chi connectivity index (χ0n) is 17.4. The molecule has 4 aromatic rings. The number of benzene rings is 1. The number of rotatable bonds is 8. The average molecular weight is 466 g/mol. The second kappa shape index (κ2) is 9.60. The average Bonchev–Trinajstić information content (AvgIpc) is 3.41. The van der Waals surface area contributed by atoms with E-state index in [9.17, 15) is 4.79 Å². The fourth-order valence-electron chi connectivity index (χ4n) is 3.50. The number of amides is 2. The van der Waals surface area contributed by atoms with Gasteiger partial charge in [-0.3, -0.25) is 10.2 Å². The van der Waals surface area contributed by atoms with Gasteiger partial charge < -0.3 is 10.6 Å². The first-order valence-electron chi connectivity index (χ1n) is 10.5. The summed E-state index contributed by atoms with van der Waals surface area (Å²) < 4.78 is 1.06. The largest absolute Gasteiger partial charge is 0.368 e. The summed E-state index contributed by atoms with van der Waals surface area (Å²) in [5, 5.41) is 11.7. The molecule has 0 bridgehead atoms. The van der Waals surface area contributed by atoms with Crippen LogP contribution in [0.1, 0.15) is 16.9 Å². The molecule has 0 atom stereocenters. The number of nitrogens with zero attached hydrogens (tertiary/aromatic N) is 4. The van der Waals surface area contributed by atoms with Crippen LogP contribution >= 0.6 is 22.7 Å². The van der Waals surface area contributed by atoms with Crippen molar-refractivity contribution in [2.75, 3.05) is 35.6 Å². The molecular formula is C22H23N7OS2. The molecule has 8 nitrogen and oxygen atoms in total. The van der Waals surface area contributed by atoms with Crippen LogP contribution in [0.2, 0.25) is 0 Å². The molecule has 0 spiro atoms. The van der Waals surface area contributed by atoms with Crippen molar-refractivity contribution in [3.05, 3.63) is 58.7 Å². The summed E-state index contributed by atoms with van der Waals surface area (Å²) >= 11 is 3.10. The Hall–Kier alpha value is -3.08. The van der Waals surface area contributed by atoms with E-state index in [-0.39, 0.29) is 6.03 Å². The number of aromatic nitrogens is 3. The molecule has 0 saturated carbocycles. The number of likely N-dealkylation sites (tertiary alicyclic amines) is 1. The minimum atomic E-state index is -0.286. The number of carbonyl (C=O) groups is 1. The first-order chi connectivity index (χ1) is 15.7. The summed E-state index contributed by atoms with van der Waals surface area (Å²) in [6.45, 7) is 3.95. The standard InChI is InChI=1S/C22H23N7OS2/c30-21(27-16-4-1-3-15(11-16)13-29-8-2-9-29)28-22-24-12-17(32-22)5-7-23-20-19-18(6-10-31-19)25-14-26-20/h1,3-4,6,10-12,14H,2,5,7-9,13H2,(H,23,25,26)(H2,24,27,28,30). The van der Waals surface area contributed by atoms with Gasteiger partial charge in [0.1, 0.15) is 12.1 Å². The molecule has 2 amide bonds. The molecule has 10 heteroatoms. The van der Waals surface area contributed by atoms with Crippen molar-refractivity contribution in [1.29, 1.82) is 0 Å². The molecule has 164 valence electrons. The number of carbonyl (C=O) groups excluding carboxylic acids is 1. The molecule has 5 rings (SSSR count). The lowest BCUT2D eigenvalue weighted by Crippen LogP contribution is -2.36. The van der Waals surface area contributed by atoms with E-state index in [2.05, 4.69) is 41.9 Å². The quantitative estimate of drug-likeness (QED) is 0.351. The van der Waals surface area contributed by atoms with Crippen molar-refractivity contribution in [2.24, 2.45) is 0 Å². The van der Waals surface area contributed by atoms with Gasteiger partial charge in [0.2, 0.25) is 0 Å². The van der Waals surface area contributed by atoms with Crippen LogP contribution < -0.4 is 16.0 Å². The van der Waals surface area contributed by atoms with E-state index in [1.165, 1.54) is 23.3 Å². The van der Waals surface area contributed by atoms with Gasteiger partial charge in [0.05, 0.1) is 10.2 Å². The number of fused-ring (bicyclic) bond motifs is 1. The maximum Gasteiger partial charge on any atom is 0.325 e. The Labute approximate surface area is 193 Å². The normalized spacial score (nSPS) is 13.6. The van der Waals surface area contributed by atoms with Crippen molar-refractivity contribution >= 4 is 55.6 Å². The molecule has 1 aliphatic heterocycles. The number of hydrogen-bond donors (Lipinski definition) is 3. The molecule has 4 heterocycles. The van der Waals surface area contributed by atoms with Gasteiger partial charge >= 0.3 is 6.03 Å². The SMILES string of the molecule is O=C(Nc1cccc(CN2CCC2)c1)Nc1ncc(CCNc2ncnc3ccsc23)s1. The van der Waals surface area contributed by atoms with Crippen LogP contribution in [0.5, 0.6) is 0 Å². The summed E-state index contributed by atoms with van der Waals surface area (Å²) in [6, 6.07) is 9.69. The maximum absolute atomic E-state index is 12.4. The second-order valence-electron chi connectivity index (χ2n) is 7.57. The van der Waals surface area contributed by atoms with Gasteiger partial charge in [-0.1, -0.05) is 12.1 Å². The Morgan fingerprint density at radius 3 is 2.94 bits per heavy atom. The van der Waals surface area contributed by atoms with Crippen LogP contribution in [-0.2, 0) is 13.0 Å². The predicted octanol–water partition coefficient (Wildman–Crippen LogP) is 4.65. The minimum Gasteiger partial charge on any atom is -0.368 e. The first kappa shape index (κ1) is 20.8. The zero-order valence-corrected chi connectivity index (χ0v) is 19.0. The monoisotopic (exact) mass is 465 g/mol. The molecule has 1 aromatic carbocycles. The highest BCUT2D eigenvalue weighted by molar-refractivity contribution is 7.17. The van der Waals surface area contributed by atoms with E-state index in [1.807, 2.05) is 29.6 Å². The van der Waals surface area contributed by atoms with Crippen LogP contribution in [0.4, 0.5) is 21.4 Å². The molecule has 1 aliphatic rings. The molecule has 32 heavy (non-hydrogen) atoms. The molecule has 3 aromatic heterocycles. The number of nitrogens with one attached hydrogen (secondary N) is 3. The number of thiazole rings is 1. The number of urea groups is 1. The fraction of sp³-hybridized carbons (Fsp3) is 0.273. The van der Waals surface area contributed by atoms with E-state index >= 15 is 0 Å². The summed E-state index contributed by atoms with van der Waals surface area (Å²) in [5.74, 6) is 0.851. The molecule has 1 fully saturated rings. The van der Waals surface area contributed by atoms with Crippen LogP contribution in [0, 0.1) is 0 Å². The smallest absolute Gasteiger partial charge is 0.325 e. The molecular weight excluding hydrogens is 442 g/mol. The second-order valence-corrected chi connectivity index (χ2v) is 9.61. The molecule has 3 N–H and O–H groups in total. The van der Waals surface area contributed by atoms with Crippen LogP contribution in [0.25, 0.3) is 10.2 Å². The first-order valence-corrected chi connectivity index (χ1v) is 12.2. The molecule has 0 aliphatic carbocycles. The summed E-state index contributed by atoms with van der Waals surface area (Å²) in [7, 11) is 0. The Kier molecular flexibility index (Phi) is 6.24. The Bertz CT molecular complexity index is 1220. The van der Waals surface area contributed by atoms with Gasteiger partial charge in [0.25, 0.3) is 0 Å². The Morgan fingerprint density at radius 2 is 2.06 bits per heavy atom. The minimum absolute atomic E-state index is 0.286. The molecule has 1 saturated heterocycles. The van der Waals surface area contributed by atoms with E-state index in [0.29, 0.717) is 5.13 Å². The van der Waals surface area contributed by atoms with E-state index in [4.69, 9.17) is 0 Å². The Balaban J connectivity index is 1.11. The molecule has 0 radical (unpaired) electrons. The van der Waals surface area contributed by atoms with E-state index in [1.54, 1.807) is 23.9 Å². The third kappa shape index (κ3) is 5.04. The fourth-order valence-corrected chi connectivity index (χ4v) is 5.12. The highest BCUT2D eigenvalue weighted by atomic mass is 32.1. The van der Waals surface area contributed by atoms with Crippen LogP contribution in [-0.4, -0.2) is 45.5 Å². The lowest BCUT2D eigenvalue weighted by Gasteiger charge is -2.30. The van der Waals surface area contributed by atoms with E-state index in [0.717, 1.165) is 59.2 Å². The third-order valence-corrected chi connectivity index (χ3v) is 7.10. The van der Waals surface area contributed by atoms with E-state index < -0.39 is 0 Å². The molecule has 0 unspecified atom stereocenters. The predicted molar refractivity (Wildman–Crippen MR) is 131 cm³/mol. The van der Waals surface area contributed by atoms with Crippen LogP contribution in [0.3, 0.4) is 0 Å². The summed E-state index contributed by atoms with van der Waals surface area (Å²) in [4.78, 5) is 28.8. The Morgan fingerprint density at radius 1 is 1.12 bits per heavy atom. The van der Waals surface area contributed by atoms with Crippen molar-refractivity contribution in [2.45, 2.75) is 19.4 Å². The summed E-state index contributed by atoms with van der Waals surface area (Å²) in [6.07, 6.45) is 5.43. The van der Waals surface area contributed by atoms with Gasteiger partial charge in [-0.05, 0) is 48.7 Å². The lowest BCUT2D eigenvalue weighted by atomic mass is 10.1. The summed E-state index contributed by atoms with van der Waals surface area (Å²) in [5.41, 5.74) is 2.94. The van der Waals surface area contributed by atoms with Crippen molar-refractivity contribution in [1.82, 2.24) is 19.9 Å². The maximum atomic E-state index is 12.4. The third-order valence-electron chi connectivity index (χ3n) is 5.22. The number of anilines is 3. The highest BCUT2D eigenvalue weighted by Crippen LogP contribution is 2.25. The van der Waals surface area contributed by atoms with Gasteiger partial charge in [-0.2, -0.15) is 0 Å². The van der Waals surface area contributed by atoms with Crippen molar-refractivity contribution in [3.8, 4) is 0 Å².